The number of nitrogens with one attached hydrogen (secondary N) is 1. The Labute approximate surface area is 83.1 Å². The van der Waals surface area contributed by atoms with E-state index in [2.05, 4.69) is 5.32 Å². The molecule has 0 aliphatic rings. The molecule has 1 aromatic rings. The first kappa shape index (κ1) is 10.7. The molecule has 0 aromatic heterocycles. The van der Waals surface area contributed by atoms with E-state index in [0.29, 0.717) is 5.69 Å². The molecule has 0 aliphatic heterocycles. The van der Waals surface area contributed by atoms with Gasteiger partial charge < -0.3 is 5.32 Å². The maximum absolute atomic E-state index is 12.5. The van der Waals surface area contributed by atoms with Crippen LogP contribution in [0.2, 0.25) is 0 Å². The molecule has 0 aliphatic carbocycles. The number of hydrogen-bond donors (Lipinski definition) is 1. The molecule has 0 radical (unpaired) electrons. The van der Waals surface area contributed by atoms with Crippen molar-refractivity contribution in [1.82, 2.24) is 0 Å². The maximum atomic E-state index is 12.5. The van der Waals surface area contributed by atoms with Crippen LogP contribution in [-0.4, -0.2) is 5.91 Å². The first-order valence-electron chi connectivity index (χ1n) is 4.70. The van der Waals surface area contributed by atoms with Gasteiger partial charge in [0.2, 0.25) is 5.91 Å². The number of carbonyl (C=O) groups is 1. The highest BCUT2D eigenvalue weighted by molar-refractivity contribution is 5.92. The van der Waals surface area contributed by atoms with Gasteiger partial charge in [0.1, 0.15) is 5.82 Å². The molecule has 0 heterocycles. The van der Waals surface area contributed by atoms with Crippen LogP contribution in [-0.2, 0) is 4.79 Å². The highest BCUT2D eigenvalue weighted by Crippen LogP contribution is 2.10. The van der Waals surface area contributed by atoms with Gasteiger partial charge in [-0.1, -0.05) is 13.8 Å². The number of halogens is 1. The van der Waals surface area contributed by atoms with Gasteiger partial charge in [-0.25, -0.2) is 4.39 Å². The van der Waals surface area contributed by atoms with Crippen LogP contribution in [0.15, 0.2) is 24.3 Å². The zero-order chi connectivity index (χ0) is 10.6. The minimum absolute atomic E-state index is 0.0138. The Morgan fingerprint density at radius 3 is 2.50 bits per heavy atom. The summed E-state index contributed by atoms with van der Waals surface area (Å²) in [7, 11) is 0. The van der Waals surface area contributed by atoms with Gasteiger partial charge in [0.15, 0.2) is 0 Å². The van der Waals surface area contributed by atoms with Crippen molar-refractivity contribution in [3.05, 3.63) is 30.1 Å². The molecule has 76 valence electrons. The number of amides is 1. The van der Waals surface area contributed by atoms with E-state index in [1.807, 2.05) is 13.8 Å². The summed E-state index contributed by atoms with van der Waals surface area (Å²) < 4.78 is 12.5. The van der Waals surface area contributed by atoms with Gasteiger partial charge in [-0.15, -0.1) is 0 Å². The number of hydrogen-bond acceptors (Lipinski definition) is 1. The van der Waals surface area contributed by atoms with Gasteiger partial charge in [0.25, 0.3) is 0 Å². The second-order valence-corrected chi connectivity index (χ2v) is 3.31. The van der Waals surface area contributed by atoms with Crippen LogP contribution in [0.4, 0.5) is 10.1 Å². The smallest absolute Gasteiger partial charge is 0.227 e. The Morgan fingerprint density at radius 1 is 1.43 bits per heavy atom. The number of benzene rings is 1. The summed E-state index contributed by atoms with van der Waals surface area (Å²) in [5, 5.41) is 2.71. The zero-order valence-electron chi connectivity index (χ0n) is 8.38. The molecule has 0 bridgehead atoms. The fourth-order valence-electron chi connectivity index (χ4n) is 0.984. The second kappa shape index (κ2) is 4.74. The molecule has 3 heteroatoms. The molecule has 0 saturated heterocycles. The van der Waals surface area contributed by atoms with Crippen molar-refractivity contribution in [2.75, 3.05) is 5.32 Å². The normalized spacial score (nSPS) is 12.2. The summed E-state index contributed by atoms with van der Waals surface area (Å²) in [4.78, 5) is 11.4. The average molecular weight is 195 g/mol. The van der Waals surface area contributed by atoms with Gasteiger partial charge in [-0.2, -0.15) is 0 Å². The van der Waals surface area contributed by atoms with E-state index in [9.17, 15) is 9.18 Å². The third kappa shape index (κ3) is 2.83. The summed E-state index contributed by atoms with van der Waals surface area (Å²) >= 11 is 0. The fraction of sp³-hybridized carbons (Fsp3) is 0.364. The van der Waals surface area contributed by atoms with Crippen molar-refractivity contribution in [1.29, 1.82) is 0 Å². The van der Waals surface area contributed by atoms with Crippen molar-refractivity contribution in [3.63, 3.8) is 0 Å². The monoisotopic (exact) mass is 195 g/mol. The zero-order valence-corrected chi connectivity index (χ0v) is 8.38. The Bertz CT molecular complexity index is 308. The highest BCUT2D eigenvalue weighted by Gasteiger charge is 2.09. The van der Waals surface area contributed by atoms with E-state index in [-0.39, 0.29) is 17.6 Å². The number of rotatable bonds is 3. The van der Waals surface area contributed by atoms with Crippen molar-refractivity contribution in [2.24, 2.45) is 5.92 Å². The maximum Gasteiger partial charge on any atom is 0.227 e. The van der Waals surface area contributed by atoms with Crippen LogP contribution in [0.3, 0.4) is 0 Å². The molecule has 14 heavy (non-hydrogen) atoms. The molecule has 2 nitrogen and oxygen atoms in total. The molecular weight excluding hydrogens is 181 g/mol. The molecular formula is C11H14FNO. The van der Waals surface area contributed by atoms with Crippen LogP contribution < -0.4 is 5.32 Å². The SMILES string of the molecule is CCC(C)C(=O)Nc1ccc(F)cc1. The lowest BCUT2D eigenvalue weighted by atomic mass is 10.1. The quantitative estimate of drug-likeness (QED) is 0.789. The Morgan fingerprint density at radius 2 is 2.00 bits per heavy atom. The number of anilines is 1. The Hall–Kier alpha value is -1.38. The van der Waals surface area contributed by atoms with Gasteiger partial charge in [0, 0.05) is 11.6 Å². The molecule has 1 unspecified atom stereocenters. The standard InChI is InChI=1S/C11H14FNO/c1-3-8(2)11(14)13-10-6-4-9(12)5-7-10/h4-8H,3H2,1-2H3,(H,13,14). The summed E-state index contributed by atoms with van der Waals surface area (Å²) in [5.41, 5.74) is 0.636. The molecule has 1 atom stereocenters. The molecule has 1 N–H and O–H groups in total. The summed E-state index contributed by atoms with van der Waals surface area (Å²) in [6.07, 6.45) is 0.799. The second-order valence-electron chi connectivity index (χ2n) is 3.31. The molecule has 0 saturated carbocycles. The van der Waals surface area contributed by atoms with E-state index in [4.69, 9.17) is 0 Å². The summed E-state index contributed by atoms with van der Waals surface area (Å²) in [6, 6.07) is 5.75. The first-order chi connectivity index (χ1) is 6.63. The van der Waals surface area contributed by atoms with Crippen LogP contribution in [0, 0.1) is 11.7 Å². The van der Waals surface area contributed by atoms with Crippen molar-refractivity contribution in [3.8, 4) is 0 Å². The molecule has 1 rings (SSSR count). The van der Waals surface area contributed by atoms with Gasteiger partial charge >= 0.3 is 0 Å². The fourth-order valence-corrected chi connectivity index (χ4v) is 0.984. The lowest BCUT2D eigenvalue weighted by Gasteiger charge is -2.09. The third-order valence-electron chi connectivity index (χ3n) is 2.17. The largest absolute Gasteiger partial charge is 0.326 e. The lowest BCUT2D eigenvalue weighted by Crippen LogP contribution is -2.19. The minimum atomic E-state index is -0.300. The van der Waals surface area contributed by atoms with E-state index in [1.165, 1.54) is 12.1 Å². The molecule has 1 amide bonds. The average Bonchev–Trinajstić information content (AvgIpc) is 2.20. The van der Waals surface area contributed by atoms with Crippen LogP contribution in [0.5, 0.6) is 0 Å². The van der Waals surface area contributed by atoms with Crippen LogP contribution >= 0.6 is 0 Å². The van der Waals surface area contributed by atoms with Crippen molar-refractivity contribution < 1.29 is 9.18 Å². The Balaban J connectivity index is 2.60. The predicted molar refractivity (Wildman–Crippen MR) is 54.5 cm³/mol. The van der Waals surface area contributed by atoms with E-state index in [0.717, 1.165) is 6.42 Å². The van der Waals surface area contributed by atoms with E-state index >= 15 is 0 Å². The predicted octanol–water partition coefficient (Wildman–Crippen LogP) is 2.81. The summed E-state index contributed by atoms with van der Waals surface area (Å²) in [6.45, 7) is 3.81. The van der Waals surface area contributed by atoms with Gasteiger partial charge in [-0.05, 0) is 30.7 Å². The van der Waals surface area contributed by atoms with Crippen LogP contribution in [0.25, 0.3) is 0 Å². The third-order valence-corrected chi connectivity index (χ3v) is 2.17. The van der Waals surface area contributed by atoms with Gasteiger partial charge in [0.05, 0.1) is 0 Å². The van der Waals surface area contributed by atoms with Gasteiger partial charge in [-0.3, -0.25) is 4.79 Å². The van der Waals surface area contributed by atoms with Crippen molar-refractivity contribution >= 4 is 11.6 Å². The molecule has 1 aromatic carbocycles. The molecule has 0 fully saturated rings. The minimum Gasteiger partial charge on any atom is -0.326 e. The first-order valence-corrected chi connectivity index (χ1v) is 4.70. The lowest BCUT2D eigenvalue weighted by molar-refractivity contribution is -0.119. The van der Waals surface area contributed by atoms with Crippen molar-refractivity contribution in [2.45, 2.75) is 20.3 Å². The Kier molecular flexibility index (Phi) is 3.63. The topological polar surface area (TPSA) is 29.1 Å². The highest BCUT2D eigenvalue weighted by atomic mass is 19.1. The van der Waals surface area contributed by atoms with E-state index in [1.54, 1.807) is 12.1 Å². The molecule has 0 spiro atoms. The number of carbonyl (C=O) groups excluding carboxylic acids is 1. The summed E-state index contributed by atoms with van der Waals surface area (Å²) in [5.74, 6) is -0.342. The van der Waals surface area contributed by atoms with E-state index < -0.39 is 0 Å². The van der Waals surface area contributed by atoms with Crippen LogP contribution in [0.1, 0.15) is 20.3 Å².